The summed E-state index contributed by atoms with van der Waals surface area (Å²) in [5.74, 6) is -2.02. The molecule has 0 fully saturated rings. The number of carbonyl (C=O) groups excluding carboxylic acids is 9. The molecule has 4 aromatic rings. The molecule has 0 radical (unpaired) electrons. The molecule has 0 saturated heterocycles. The van der Waals surface area contributed by atoms with Crippen LogP contribution in [-0.2, 0) is 79.9 Å². The van der Waals surface area contributed by atoms with E-state index in [1.54, 1.807) is 4.90 Å². The standard InChI is InChI=1S/C47H81N7O12.C26H32N5O5PS.CH4/c1-6-11-12-13-14-41(55)52-23-28-66-40-30-36(46(60)53-38(32-62-24-15-42(56)48-19-7-2)33-63-25-16-43(57)49-20-8-3)29-37(31-40)47(61)54-39(34-64-26-17-44(58)50-21-9-4)35-65-27-18-45(59)51-22-10-5;1-35-37(34,38)36-17-9-3-2-8-16-27-23(32)14-15-24(33)31-18-19-10-4-5-11-20(19)25-26(29-30-28-25)21-12-6-7-13-22(21)31;/h29-31,38-39H,6-28,32-35H2,1-5H3,(H,48,56)(H,49,57)(H,50,58)(H,51,59)(H,52,55)(H,53,60)(H,54,61);4-7,10-13H,2-3,8-9,14-18H2,1H3,(H,27,32)(H,34,38)(H,28,29,30);1H4/p-1. The first-order valence-electron chi connectivity index (χ1n) is 36.6. The predicted molar refractivity (Wildman–Crippen MR) is 404 cm³/mol. The van der Waals surface area contributed by atoms with Crippen LogP contribution in [0.15, 0.2) is 66.7 Å². The van der Waals surface area contributed by atoms with E-state index >= 15 is 0 Å². The van der Waals surface area contributed by atoms with E-state index in [1.807, 2.05) is 76.2 Å². The van der Waals surface area contributed by atoms with Gasteiger partial charge in [0.2, 0.25) is 41.4 Å². The molecular weight excluding hydrogens is 1390 g/mol. The van der Waals surface area contributed by atoms with Gasteiger partial charge in [0.15, 0.2) is 0 Å². The van der Waals surface area contributed by atoms with Gasteiger partial charge in [-0.05, 0) is 74.8 Å². The van der Waals surface area contributed by atoms with Crippen molar-refractivity contribution < 1.29 is 80.8 Å². The number of rotatable bonds is 53. The van der Waals surface area contributed by atoms with E-state index in [2.05, 4.69) is 81.2 Å². The summed E-state index contributed by atoms with van der Waals surface area (Å²) in [4.78, 5) is 128. The third-order valence-electron chi connectivity index (χ3n) is 15.8. The molecule has 1 unspecified atom stereocenters. The van der Waals surface area contributed by atoms with Gasteiger partial charge in [-0.1, -0.05) is 128 Å². The Kier molecular flexibility index (Phi) is 47.7. The van der Waals surface area contributed by atoms with E-state index in [1.165, 1.54) is 25.3 Å². The molecule has 0 bridgehead atoms. The summed E-state index contributed by atoms with van der Waals surface area (Å²) in [7, 11) is 1.27. The zero-order chi connectivity index (χ0) is 75.6. The Labute approximate surface area is 624 Å². The number of para-hydroxylation sites is 1. The number of nitrogens with one attached hydrogen (secondary N) is 9. The van der Waals surface area contributed by atoms with Gasteiger partial charge in [-0.2, -0.15) is 15.4 Å². The molecule has 0 aliphatic carbocycles. The molecule has 1 aromatic heterocycles. The molecule has 0 spiro atoms. The number of ether oxygens (including phenoxy) is 5. The van der Waals surface area contributed by atoms with E-state index in [4.69, 9.17) is 28.2 Å². The molecule has 105 heavy (non-hydrogen) atoms. The van der Waals surface area contributed by atoms with Crippen molar-refractivity contribution in [2.75, 3.05) is 117 Å². The lowest BCUT2D eigenvalue weighted by molar-refractivity contribution is -0.204. The predicted octanol–water partition coefficient (Wildman–Crippen LogP) is 7.41. The highest BCUT2D eigenvalue weighted by atomic mass is 32.5. The maximum Gasteiger partial charge on any atom is 0.251 e. The Morgan fingerprint density at radius 1 is 0.495 bits per heavy atom. The second-order valence-electron chi connectivity index (χ2n) is 24.7. The summed E-state index contributed by atoms with van der Waals surface area (Å²) in [5.41, 5.74) is 5.01. The van der Waals surface area contributed by atoms with Gasteiger partial charge in [0.1, 0.15) is 30.5 Å². The lowest BCUT2D eigenvalue weighted by atomic mass is 9.95. The van der Waals surface area contributed by atoms with Crippen LogP contribution in [0.2, 0.25) is 0 Å². The van der Waals surface area contributed by atoms with Crippen LogP contribution in [0.5, 0.6) is 5.75 Å². The van der Waals surface area contributed by atoms with Crippen molar-refractivity contribution in [3.63, 3.8) is 0 Å². The highest BCUT2D eigenvalue weighted by Gasteiger charge is 2.28. The lowest BCUT2D eigenvalue weighted by Crippen LogP contribution is -2.43. The van der Waals surface area contributed by atoms with Crippen LogP contribution >= 0.6 is 6.72 Å². The number of H-pyrrole nitrogens is 1. The van der Waals surface area contributed by atoms with Crippen LogP contribution in [0.3, 0.4) is 0 Å². The van der Waals surface area contributed by atoms with Crippen molar-refractivity contribution in [1.82, 2.24) is 57.9 Å². The van der Waals surface area contributed by atoms with Crippen LogP contribution in [0.4, 0.5) is 5.69 Å². The third kappa shape index (κ3) is 38.3. The van der Waals surface area contributed by atoms with Gasteiger partial charge in [0.25, 0.3) is 11.8 Å². The molecule has 1 aliphatic heterocycles. The first-order chi connectivity index (χ1) is 50.3. The molecule has 586 valence electrons. The number of fused-ring (bicyclic) bond motifs is 5. The van der Waals surface area contributed by atoms with Crippen LogP contribution in [0.25, 0.3) is 22.5 Å². The van der Waals surface area contributed by atoms with Gasteiger partial charge < -0.3 is 85.1 Å². The monoisotopic (exact) mass is 1510 g/mol. The number of nitrogens with zero attached hydrogens (tertiary/aromatic N) is 3. The van der Waals surface area contributed by atoms with Gasteiger partial charge in [0, 0.05) is 107 Å². The number of unbranched alkanes of at least 4 members (excludes halogenated alkanes) is 6. The average molecular weight is 1510 g/mol. The van der Waals surface area contributed by atoms with Crippen LogP contribution in [-0.4, -0.2) is 193 Å². The number of anilines is 1. The third-order valence-corrected chi connectivity index (χ3v) is 17.6. The fourth-order valence-corrected chi connectivity index (χ4v) is 10.9. The molecule has 29 nitrogen and oxygen atoms in total. The Morgan fingerprint density at radius 2 is 0.933 bits per heavy atom. The van der Waals surface area contributed by atoms with Crippen molar-refractivity contribution in [3.05, 3.63) is 83.4 Å². The molecule has 1 aliphatic rings. The topological polar surface area (TPSA) is 382 Å². The Morgan fingerprint density at radius 3 is 1.44 bits per heavy atom. The van der Waals surface area contributed by atoms with Gasteiger partial charge in [-0.25, -0.2) is 0 Å². The van der Waals surface area contributed by atoms with Crippen molar-refractivity contribution in [3.8, 4) is 28.3 Å². The maximum atomic E-state index is 14.0. The second kappa shape index (κ2) is 54.7. The molecule has 31 heteroatoms. The Bertz CT molecular complexity index is 3140. The summed E-state index contributed by atoms with van der Waals surface area (Å²) in [6, 6.07) is 18.4. The summed E-state index contributed by atoms with van der Waals surface area (Å²) in [6.45, 7) is 10.5. The lowest BCUT2D eigenvalue weighted by Gasteiger charge is -2.28. The number of hydrogen-bond acceptors (Lipinski definition) is 20. The van der Waals surface area contributed by atoms with E-state index in [9.17, 15) is 48.0 Å². The van der Waals surface area contributed by atoms with E-state index < -0.39 is 30.6 Å². The Balaban J connectivity index is 0.000000616. The van der Waals surface area contributed by atoms with Crippen LogP contribution in [0.1, 0.15) is 190 Å². The molecule has 9 amide bonds. The fourth-order valence-electron chi connectivity index (χ4n) is 10.2. The summed E-state index contributed by atoms with van der Waals surface area (Å²) in [6.07, 6.45) is 11.4. The number of aromatic amines is 1. The summed E-state index contributed by atoms with van der Waals surface area (Å²) in [5, 5.41) is 34.2. The van der Waals surface area contributed by atoms with Crippen LogP contribution < -0.4 is 57.1 Å². The van der Waals surface area contributed by atoms with Gasteiger partial charge >= 0.3 is 0 Å². The van der Waals surface area contributed by atoms with Crippen LogP contribution in [0, 0.1) is 0 Å². The molecule has 1 atom stereocenters. The van der Waals surface area contributed by atoms with Gasteiger partial charge in [0.05, 0.1) is 90.3 Å². The van der Waals surface area contributed by atoms with Crippen molar-refractivity contribution in [2.24, 2.45) is 0 Å². The summed E-state index contributed by atoms with van der Waals surface area (Å²) < 4.78 is 38.7. The van der Waals surface area contributed by atoms with Crippen molar-refractivity contribution in [2.45, 2.75) is 183 Å². The number of amides is 9. The number of hydrogen-bond donors (Lipinski definition) is 9. The quantitative estimate of drug-likeness (QED) is 0.0153. The first-order valence-corrected chi connectivity index (χ1v) is 39.1. The highest BCUT2D eigenvalue weighted by Crippen LogP contribution is 2.40. The smallest absolute Gasteiger partial charge is 0.251 e. The van der Waals surface area contributed by atoms with Gasteiger partial charge in [-0.3, -0.25) is 43.2 Å². The minimum absolute atomic E-state index is 0. The first kappa shape index (κ1) is 91.4. The normalized spacial score (nSPS) is 11.9. The van der Waals surface area contributed by atoms with E-state index in [0.29, 0.717) is 57.8 Å². The zero-order valence-corrected chi connectivity index (χ0v) is 63.3. The van der Waals surface area contributed by atoms with Crippen molar-refractivity contribution in [1.29, 1.82) is 0 Å². The number of carbonyl (C=O) groups is 9. The molecule has 5 rings (SSSR count). The van der Waals surface area contributed by atoms with Gasteiger partial charge in [-0.15, -0.1) is 0 Å². The Hall–Kier alpha value is -7.80. The summed E-state index contributed by atoms with van der Waals surface area (Å²) >= 11 is 4.67. The minimum atomic E-state index is -3.34. The molecular formula is C74H116N12O17PS-. The number of benzene rings is 3. The van der Waals surface area contributed by atoms with Crippen molar-refractivity contribution >= 4 is 77.4 Å². The SMILES string of the molecule is C.CCCCCCC(=O)NCCOc1cc(C(=O)NC(COCCC(=O)NCCC)COCCC(=O)NCCC)cc(C(=O)NC(COCCC(=O)NCCC)COCCC(=O)NCCC)c1.COP([O-])(=S)OCCCCCCNC(=O)CCC(=O)N1Cc2ccccc2-c2n[nH]nc2-c2ccccc21. The number of aromatic nitrogens is 3. The molecule has 3 aromatic carbocycles. The minimum Gasteiger partial charge on any atom is -0.780 e. The largest absolute Gasteiger partial charge is 0.780 e. The fraction of sp³-hybridized carbons (Fsp3) is 0.608. The zero-order valence-electron chi connectivity index (χ0n) is 61.6. The highest BCUT2D eigenvalue weighted by molar-refractivity contribution is 8.06. The van der Waals surface area contributed by atoms with E-state index in [-0.39, 0.29) is 177 Å². The molecule has 9 N–H and O–H groups in total. The molecule has 0 saturated carbocycles. The average Bonchev–Trinajstić information content (AvgIpc) is 1.74. The molecule has 2 heterocycles. The second-order valence-corrected chi connectivity index (χ2v) is 27.6. The van der Waals surface area contributed by atoms with E-state index in [0.717, 1.165) is 98.7 Å². The maximum absolute atomic E-state index is 14.0.